The van der Waals surface area contributed by atoms with Crippen LogP contribution in [0, 0.1) is 5.92 Å². The Labute approximate surface area is 120 Å². The third kappa shape index (κ3) is 3.24. The molecule has 7 heteroatoms. The van der Waals surface area contributed by atoms with Crippen LogP contribution in [0.5, 0.6) is 0 Å². The second kappa shape index (κ2) is 5.87. The van der Waals surface area contributed by atoms with Crippen molar-refractivity contribution in [2.75, 3.05) is 5.32 Å². The van der Waals surface area contributed by atoms with Gasteiger partial charge in [0.1, 0.15) is 6.04 Å². The zero-order chi connectivity index (χ0) is 14.7. The summed E-state index contributed by atoms with van der Waals surface area (Å²) in [5.74, 6) is -0.394. The van der Waals surface area contributed by atoms with Crippen molar-refractivity contribution in [3.8, 4) is 0 Å². The molecule has 0 unspecified atom stereocenters. The van der Waals surface area contributed by atoms with Crippen molar-refractivity contribution >= 4 is 38.6 Å². The van der Waals surface area contributed by atoms with Crippen molar-refractivity contribution in [3.63, 3.8) is 0 Å². The van der Waals surface area contributed by atoms with E-state index in [1.165, 1.54) is 11.3 Å². The predicted molar refractivity (Wildman–Crippen MR) is 79.6 cm³/mol. The van der Waals surface area contributed by atoms with Crippen LogP contribution in [0.25, 0.3) is 10.2 Å². The van der Waals surface area contributed by atoms with Crippen LogP contribution in [0.2, 0.25) is 0 Å². The molecule has 2 rings (SSSR count). The van der Waals surface area contributed by atoms with Crippen LogP contribution in [-0.2, 0) is 4.79 Å². The number of aromatic nitrogens is 1. The fourth-order valence-corrected chi connectivity index (χ4v) is 2.67. The summed E-state index contributed by atoms with van der Waals surface area (Å²) in [5, 5.41) is 5.66. The molecule has 3 amide bonds. The van der Waals surface area contributed by atoms with Crippen LogP contribution in [-0.4, -0.2) is 23.0 Å². The van der Waals surface area contributed by atoms with E-state index in [1.807, 2.05) is 38.1 Å². The number of hydrogen-bond donors (Lipinski definition) is 3. The highest BCUT2D eigenvalue weighted by atomic mass is 32.1. The average Bonchev–Trinajstić information content (AvgIpc) is 2.77. The normalized spacial score (nSPS) is 12.3. The van der Waals surface area contributed by atoms with Crippen molar-refractivity contribution in [1.82, 2.24) is 10.3 Å². The van der Waals surface area contributed by atoms with Crippen molar-refractivity contribution in [1.29, 1.82) is 0 Å². The Bertz CT molecular complexity index is 605. The van der Waals surface area contributed by atoms with Crippen LogP contribution >= 0.6 is 11.3 Å². The quantitative estimate of drug-likeness (QED) is 0.803. The molecule has 106 valence electrons. The first-order valence-corrected chi connectivity index (χ1v) is 7.01. The molecule has 0 aliphatic rings. The number of rotatable bonds is 4. The molecule has 0 fully saturated rings. The molecule has 0 radical (unpaired) electrons. The molecule has 0 saturated carbocycles. The summed E-state index contributed by atoms with van der Waals surface area (Å²) in [6.07, 6.45) is 0. The van der Waals surface area contributed by atoms with Crippen LogP contribution in [0.1, 0.15) is 13.8 Å². The van der Waals surface area contributed by atoms with Gasteiger partial charge in [-0.25, -0.2) is 9.78 Å². The molecule has 0 spiro atoms. The van der Waals surface area contributed by atoms with E-state index in [4.69, 9.17) is 5.73 Å². The number of fused-ring (bicyclic) bond motifs is 1. The number of carbonyl (C=O) groups is 2. The van der Waals surface area contributed by atoms with Gasteiger partial charge in [-0.1, -0.05) is 37.3 Å². The van der Waals surface area contributed by atoms with Gasteiger partial charge >= 0.3 is 6.03 Å². The largest absolute Gasteiger partial charge is 0.352 e. The average molecular weight is 292 g/mol. The minimum absolute atomic E-state index is 0.0723. The van der Waals surface area contributed by atoms with Gasteiger partial charge in [-0.15, -0.1) is 0 Å². The predicted octanol–water partition coefficient (Wildman–Crippen LogP) is 1.93. The second-order valence-electron chi connectivity index (χ2n) is 4.71. The van der Waals surface area contributed by atoms with Crippen LogP contribution < -0.4 is 16.4 Å². The number of nitrogens with one attached hydrogen (secondary N) is 2. The SMILES string of the molecule is CC(C)[C@H](NC(N)=O)C(=O)Nc1nc2ccccc2s1. The zero-order valence-corrected chi connectivity index (χ0v) is 12.0. The molecule has 0 bridgehead atoms. The van der Waals surface area contributed by atoms with E-state index >= 15 is 0 Å². The maximum absolute atomic E-state index is 12.2. The number of hydrogen-bond acceptors (Lipinski definition) is 4. The van der Waals surface area contributed by atoms with E-state index in [2.05, 4.69) is 15.6 Å². The number of primary amides is 1. The number of anilines is 1. The maximum Gasteiger partial charge on any atom is 0.312 e. The lowest BCUT2D eigenvalue weighted by molar-refractivity contribution is -0.118. The lowest BCUT2D eigenvalue weighted by atomic mass is 10.0. The second-order valence-corrected chi connectivity index (χ2v) is 5.74. The molecule has 0 aliphatic carbocycles. The van der Waals surface area contributed by atoms with E-state index in [1.54, 1.807) is 0 Å². The van der Waals surface area contributed by atoms with Gasteiger partial charge in [-0.2, -0.15) is 0 Å². The lowest BCUT2D eigenvalue weighted by Crippen LogP contribution is -2.49. The monoisotopic (exact) mass is 292 g/mol. The van der Waals surface area contributed by atoms with E-state index in [9.17, 15) is 9.59 Å². The number of nitrogens with zero attached hydrogens (tertiary/aromatic N) is 1. The topological polar surface area (TPSA) is 97.1 Å². The molecule has 20 heavy (non-hydrogen) atoms. The zero-order valence-electron chi connectivity index (χ0n) is 11.2. The van der Waals surface area contributed by atoms with E-state index in [0.717, 1.165) is 10.2 Å². The van der Waals surface area contributed by atoms with Crippen LogP contribution in [0.15, 0.2) is 24.3 Å². The molecule has 4 N–H and O–H groups in total. The fourth-order valence-electron chi connectivity index (χ4n) is 1.80. The Balaban J connectivity index is 2.14. The van der Waals surface area contributed by atoms with Gasteiger partial charge in [0, 0.05) is 0 Å². The van der Waals surface area contributed by atoms with Gasteiger partial charge in [0.05, 0.1) is 10.2 Å². The molecular weight excluding hydrogens is 276 g/mol. The Morgan fingerprint density at radius 2 is 2.00 bits per heavy atom. The Hall–Kier alpha value is -2.15. The highest BCUT2D eigenvalue weighted by Gasteiger charge is 2.24. The number of carbonyl (C=O) groups excluding carboxylic acids is 2. The highest BCUT2D eigenvalue weighted by Crippen LogP contribution is 2.25. The van der Waals surface area contributed by atoms with E-state index < -0.39 is 12.1 Å². The number of benzene rings is 1. The smallest absolute Gasteiger partial charge is 0.312 e. The van der Waals surface area contributed by atoms with Gasteiger partial charge in [-0.05, 0) is 18.1 Å². The molecule has 2 aromatic rings. The van der Waals surface area contributed by atoms with E-state index in [0.29, 0.717) is 5.13 Å². The third-order valence-corrected chi connectivity index (χ3v) is 3.72. The van der Waals surface area contributed by atoms with Gasteiger partial charge in [0.15, 0.2) is 5.13 Å². The van der Waals surface area contributed by atoms with Gasteiger partial charge < -0.3 is 16.4 Å². The minimum atomic E-state index is -0.719. The summed E-state index contributed by atoms with van der Waals surface area (Å²) in [6, 6.07) is 6.21. The molecular formula is C13H16N4O2S. The third-order valence-electron chi connectivity index (χ3n) is 2.77. The molecule has 1 heterocycles. The Kier molecular flexibility index (Phi) is 4.19. The number of urea groups is 1. The van der Waals surface area contributed by atoms with E-state index in [-0.39, 0.29) is 11.8 Å². The molecule has 1 aromatic carbocycles. The molecule has 6 nitrogen and oxygen atoms in total. The summed E-state index contributed by atoms with van der Waals surface area (Å²) in [4.78, 5) is 27.4. The number of thiazole rings is 1. The van der Waals surface area contributed by atoms with Gasteiger partial charge in [0.25, 0.3) is 0 Å². The summed E-state index contributed by atoms with van der Waals surface area (Å²) < 4.78 is 0.992. The maximum atomic E-state index is 12.2. The summed E-state index contributed by atoms with van der Waals surface area (Å²) in [7, 11) is 0. The fraction of sp³-hybridized carbons (Fsp3) is 0.308. The number of para-hydroxylation sites is 1. The number of nitrogens with two attached hydrogens (primary N) is 1. The Morgan fingerprint density at radius 1 is 1.30 bits per heavy atom. The van der Waals surface area contributed by atoms with Crippen LogP contribution in [0.3, 0.4) is 0 Å². The molecule has 1 aromatic heterocycles. The van der Waals surface area contributed by atoms with Crippen molar-refractivity contribution in [3.05, 3.63) is 24.3 Å². The first kappa shape index (κ1) is 14.3. The lowest BCUT2D eigenvalue weighted by Gasteiger charge is -2.19. The van der Waals surface area contributed by atoms with Gasteiger partial charge in [-0.3, -0.25) is 4.79 Å². The van der Waals surface area contributed by atoms with Crippen molar-refractivity contribution in [2.45, 2.75) is 19.9 Å². The summed E-state index contributed by atoms with van der Waals surface area (Å²) in [6.45, 7) is 3.66. The van der Waals surface area contributed by atoms with Gasteiger partial charge in [0.2, 0.25) is 5.91 Å². The first-order valence-electron chi connectivity index (χ1n) is 6.20. The Morgan fingerprint density at radius 3 is 2.60 bits per heavy atom. The molecule has 0 aliphatic heterocycles. The number of amides is 3. The minimum Gasteiger partial charge on any atom is -0.352 e. The first-order chi connectivity index (χ1) is 9.47. The molecule has 0 saturated heterocycles. The summed E-state index contributed by atoms with van der Waals surface area (Å²) in [5.41, 5.74) is 5.91. The highest BCUT2D eigenvalue weighted by molar-refractivity contribution is 7.22. The summed E-state index contributed by atoms with van der Waals surface area (Å²) >= 11 is 1.39. The van der Waals surface area contributed by atoms with Crippen molar-refractivity contribution in [2.24, 2.45) is 11.7 Å². The molecule has 1 atom stereocenters. The standard InChI is InChI=1S/C13H16N4O2S/c1-7(2)10(16-12(14)19)11(18)17-13-15-8-5-3-4-6-9(8)20-13/h3-7,10H,1-2H3,(H3,14,16,19)(H,15,17,18)/t10-/m0/s1. The van der Waals surface area contributed by atoms with Crippen LogP contribution in [0.4, 0.5) is 9.93 Å². The van der Waals surface area contributed by atoms with Crippen molar-refractivity contribution < 1.29 is 9.59 Å².